The van der Waals surface area contributed by atoms with Crippen LogP contribution in [0.25, 0.3) is 16.9 Å². The molecule has 2 saturated heterocycles. The van der Waals surface area contributed by atoms with E-state index in [0.717, 1.165) is 17.7 Å². The highest BCUT2D eigenvalue weighted by Crippen LogP contribution is 2.29. The highest BCUT2D eigenvalue weighted by Gasteiger charge is 2.41. The number of amides is 2. The van der Waals surface area contributed by atoms with Crippen LogP contribution in [0.4, 0.5) is 10.7 Å². The topological polar surface area (TPSA) is 109 Å². The number of pyridine rings is 1. The average Bonchev–Trinajstić information content (AvgIpc) is 3.41. The first-order chi connectivity index (χ1) is 13.6. The number of fused-ring (bicyclic) bond motifs is 3. The maximum absolute atomic E-state index is 12.8. The van der Waals surface area contributed by atoms with Gasteiger partial charge < -0.3 is 14.7 Å². The van der Waals surface area contributed by atoms with Crippen LogP contribution in [0.15, 0.2) is 42.5 Å². The Kier molecular flexibility index (Phi) is 3.76. The van der Waals surface area contributed by atoms with Gasteiger partial charge >= 0.3 is 6.09 Å². The normalized spacial score (nSPS) is 20.6. The van der Waals surface area contributed by atoms with Gasteiger partial charge in [0.2, 0.25) is 0 Å². The van der Waals surface area contributed by atoms with Gasteiger partial charge in [-0.3, -0.25) is 10.1 Å². The fraction of sp³-hybridized carbons (Fsp3) is 0.263. The molecule has 4 heterocycles. The molecule has 5 rings (SSSR count). The van der Waals surface area contributed by atoms with Crippen molar-refractivity contribution in [2.24, 2.45) is 0 Å². The van der Waals surface area contributed by atoms with Gasteiger partial charge in [0.05, 0.1) is 24.4 Å². The molecule has 0 unspecified atom stereocenters. The van der Waals surface area contributed by atoms with Crippen LogP contribution in [0, 0.1) is 0 Å². The Morgan fingerprint density at radius 2 is 2.00 bits per heavy atom. The number of hydrogen-bond donors (Lipinski definition) is 2. The smallest absolute Gasteiger partial charge is 0.411 e. The molecule has 0 radical (unpaired) electrons. The number of rotatable bonds is 3. The van der Waals surface area contributed by atoms with E-state index in [1.807, 2.05) is 29.2 Å². The van der Waals surface area contributed by atoms with Gasteiger partial charge in [-0.25, -0.2) is 9.31 Å². The molecule has 142 valence electrons. The molecule has 2 fully saturated rings. The number of aromatic nitrogens is 3. The second-order valence-corrected chi connectivity index (χ2v) is 6.93. The van der Waals surface area contributed by atoms with Gasteiger partial charge in [0.25, 0.3) is 11.9 Å². The fourth-order valence-corrected chi connectivity index (χ4v) is 3.87. The first-order valence-electron chi connectivity index (χ1n) is 8.97. The van der Waals surface area contributed by atoms with Crippen LogP contribution in [-0.4, -0.2) is 61.9 Å². The molecule has 2 aromatic heterocycles. The number of likely N-dealkylation sites (tertiary alicyclic amines) is 1. The third-order valence-electron chi connectivity index (χ3n) is 5.17. The Hall–Kier alpha value is -3.46. The molecule has 0 spiro atoms. The summed E-state index contributed by atoms with van der Waals surface area (Å²) in [7, 11) is 0. The lowest BCUT2D eigenvalue weighted by atomic mass is 10.1. The lowest BCUT2D eigenvalue weighted by molar-refractivity contribution is 0.0259. The Morgan fingerprint density at radius 1 is 1.18 bits per heavy atom. The van der Waals surface area contributed by atoms with E-state index >= 15 is 0 Å². The quantitative estimate of drug-likeness (QED) is 0.721. The van der Waals surface area contributed by atoms with Crippen molar-refractivity contribution in [3.8, 4) is 11.3 Å². The molecule has 0 saturated carbocycles. The zero-order valence-electron chi connectivity index (χ0n) is 14.8. The van der Waals surface area contributed by atoms with E-state index in [1.54, 1.807) is 22.7 Å². The molecule has 2 aliphatic rings. The standard InChI is InChI=1S/C19H17N5O4/c25-17(23-9-14-8-13(23)10-28-14)12-6-4-11(5-7-12)15-2-1-3-16-20-18(21-19(26)27)22-24(15)16/h1-7,13-14H,8-10H2,(H,21,22)(H,26,27)/t13-,14-/m0/s1. The molecular weight excluding hydrogens is 362 g/mol. The van der Waals surface area contributed by atoms with Crippen molar-refractivity contribution in [2.45, 2.75) is 18.6 Å². The molecular formula is C19H17N5O4. The summed E-state index contributed by atoms with van der Waals surface area (Å²) in [5.74, 6) is 0.0345. The molecule has 9 heteroatoms. The third-order valence-corrected chi connectivity index (χ3v) is 5.17. The Bertz CT molecular complexity index is 1080. The predicted molar refractivity (Wildman–Crippen MR) is 99.3 cm³/mol. The third kappa shape index (κ3) is 2.76. The number of carbonyl (C=O) groups is 2. The van der Waals surface area contributed by atoms with Crippen LogP contribution >= 0.6 is 0 Å². The molecule has 3 aromatic rings. The summed E-state index contributed by atoms with van der Waals surface area (Å²) in [6.07, 6.45) is -0.127. The zero-order valence-corrected chi connectivity index (χ0v) is 14.8. The first-order valence-corrected chi connectivity index (χ1v) is 8.97. The molecule has 2 bridgehead atoms. The summed E-state index contributed by atoms with van der Waals surface area (Å²) < 4.78 is 7.13. The van der Waals surface area contributed by atoms with E-state index in [0.29, 0.717) is 24.4 Å². The van der Waals surface area contributed by atoms with Crippen LogP contribution < -0.4 is 5.32 Å². The Labute approximate surface area is 159 Å². The maximum atomic E-state index is 12.8. The highest BCUT2D eigenvalue weighted by atomic mass is 16.5. The minimum atomic E-state index is -1.22. The summed E-state index contributed by atoms with van der Waals surface area (Å²) in [6.45, 7) is 1.28. The summed E-state index contributed by atoms with van der Waals surface area (Å²) in [4.78, 5) is 29.6. The van der Waals surface area contributed by atoms with Crippen molar-refractivity contribution in [3.05, 3.63) is 48.0 Å². The van der Waals surface area contributed by atoms with Gasteiger partial charge in [-0.05, 0) is 30.7 Å². The first kappa shape index (κ1) is 16.7. The highest BCUT2D eigenvalue weighted by molar-refractivity contribution is 5.95. The van der Waals surface area contributed by atoms with Gasteiger partial charge in [0.1, 0.15) is 0 Å². The number of ether oxygens (including phenoxy) is 1. The minimum Gasteiger partial charge on any atom is -0.465 e. The van der Waals surface area contributed by atoms with E-state index < -0.39 is 6.09 Å². The van der Waals surface area contributed by atoms with Gasteiger partial charge in [0.15, 0.2) is 5.65 Å². The largest absolute Gasteiger partial charge is 0.465 e. The summed E-state index contributed by atoms with van der Waals surface area (Å²) in [6, 6.07) is 12.9. The second-order valence-electron chi connectivity index (χ2n) is 6.93. The van der Waals surface area contributed by atoms with Gasteiger partial charge in [-0.1, -0.05) is 18.2 Å². The maximum Gasteiger partial charge on any atom is 0.411 e. The van der Waals surface area contributed by atoms with Crippen LogP contribution in [0.1, 0.15) is 16.8 Å². The van der Waals surface area contributed by atoms with Gasteiger partial charge in [-0.15, -0.1) is 5.10 Å². The molecule has 2 atom stereocenters. The number of anilines is 1. The number of morpholine rings is 1. The van der Waals surface area contributed by atoms with Crippen molar-refractivity contribution >= 4 is 23.6 Å². The van der Waals surface area contributed by atoms with Crippen LogP contribution in [0.5, 0.6) is 0 Å². The summed E-state index contributed by atoms with van der Waals surface area (Å²) in [5, 5.41) is 15.2. The number of carboxylic acid groups (broad SMARTS) is 1. The van der Waals surface area contributed by atoms with E-state index in [1.165, 1.54) is 0 Å². The van der Waals surface area contributed by atoms with Crippen LogP contribution in [-0.2, 0) is 4.74 Å². The molecule has 1 aromatic carbocycles. The van der Waals surface area contributed by atoms with E-state index in [9.17, 15) is 9.59 Å². The Balaban J connectivity index is 1.43. The van der Waals surface area contributed by atoms with Crippen LogP contribution in [0.2, 0.25) is 0 Å². The Morgan fingerprint density at radius 3 is 2.68 bits per heavy atom. The molecule has 28 heavy (non-hydrogen) atoms. The molecule has 9 nitrogen and oxygen atoms in total. The van der Waals surface area contributed by atoms with Crippen molar-refractivity contribution in [1.82, 2.24) is 19.5 Å². The second kappa shape index (κ2) is 6.31. The van der Waals surface area contributed by atoms with Gasteiger partial charge in [0, 0.05) is 17.7 Å². The number of nitrogens with zero attached hydrogens (tertiary/aromatic N) is 4. The summed E-state index contributed by atoms with van der Waals surface area (Å²) >= 11 is 0. The van der Waals surface area contributed by atoms with E-state index in [-0.39, 0.29) is 24.0 Å². The molecule has 2 N–H and O–H groups in total. The lowest BCUT2D eigenvalue weighted by Crippen LogP contribution is -2.41. The molecule has 0 aliphatic carbocycles. The minimum absolute atomic E-state index is 0.0121. The predicted octanol–water partition coefficient (Wildman–Crippen LogP) is 2.10. The SMILES string of the molecule is O=C(O)Nc1nc2cccc(-c3ccc(C(=O)N4C[C@@H]5C[C@H]4CO5)cc3)n2n1. The number of benzene rings is 1. The number of carbonyl (C=O) groups excluding carboxylic acids is 1. The zero-order chi connectivity index (χ0) is 19.3. The molecule has 2 amide bonds. The van der Waals surface area contributed by atoms with Crippen molar-refractivity contribution < 1.29 is 19.4 Å². The van der Waals surface area contributed by atoms with Crippen LogP contribution in [0.3, 0.4) is 0 Å². The fourth-order valence-electron chi connectivity index (χ4n) is 3.87. The van der Waals surface area contributed by atoms with Gasteiger partial charge in [-0.2, -0.15) is 4.98 Å². The lowest BCUT2D eigenvalue weighted by Gasteiger charge is -2.27. The number of nitrogens with one attached hydrogen (secondary N) is 1. The molecule has 2 aliphatic heterocycles. The van der Waals surface area contributed by atoms with E-state index in [2.05, 4.69) is 15.4 Å². The average molecular weight is 379 g/mol. The van der Waals surface area contributed by atoms with E-state index in [4.69, 9.17) is 9.84 Å². The number of hydrogen-bond acceptors (Lipinski definition) is 5. The van der Waals surface area contributed by atoms with Crippen molar-refractivity contribution in [1.29, 1.82) is 0 Å². The van der Waals surface area contributed by atoms with Crippen molar-refractivity contribution in [3.63, 3.8) is 0 Å². The monoisotopic (exact) mass is 379 g/mol. The summed E-state index contributed by atoms with van der Waals surface area (Å²) in [5.41, 5.74) is 2.75. The van der Waals surface area contributed by atoms with Crippen molar-refractivity contribution in [2.75, 3.05) is 18.5 Å².